The zero-order chi connectivity index (χ0) is 21.3. The monoisotopic (exact) mass is 410 g/mol. The van der Waals surface area contributed by atoms with Gasteiger partial charge in [-0.05, 0) is 43.9 Å². The molecule has 1 fully saturated rings. The lowest BCUT2D eigenvalue weighted by Gasteiger charge is -2.32. The third-order valence-corrected chi connectivity index (χ3v) is 5.64. The smallest absolute Gasteiger partial charge is 0.261 e. The van der Waals surface area contributed by atoms with Crippen LogP contribution >= 0.6 is 0 Å². The molecule has 3 aromatic rings. The maximum absolute atomic E-state index is 13.4. The molecule has 1 aliphatic heterocycles. The second-order valence-electron chi connectivity index (χ2n) is 7.56. The first-order valence-electron chi connectivity index (χ1n) is 9.92. The van der Waals surface area contributed by atoms with Crippen molar-refractivity contribution in [1.82, 2.24) is 19.4 Å². The molecule has 30 heavy (non-hydrogen) atoms. The van der Waals surface area contributed by atoms with E-state index in [-0.39, 0.29) is 17.4 Å². The van der Waals surface area contributed by atoms with Crippen LogP contribution in [0.4, 0.5) is 4.39 Å². The van der Waals surface area contributed by atoms with Crippen molar-refractivity contribution in [2.24, 2.45) is 5.92 Å². The molecule has 0 atom stereocenters. The molecular weight excluding hydrogens is 387 g/mol. The number of amides is 1. The number of nitrogens with zero attached hydrogens (tertiary/aromatic N) is 4. The number of hydrogen-bond donors (Lipinski definition) is 0. The van der Waals surface area contributed by atoms with Crippen molar-refractivity contribution in [1.29, 1.82) is 0 Å². The molecule has 0 bridgehead atoms. The number of benzene rings is 1. The second kappa shape index (κ2) is 8.22. The lowest BCUT2D eigenvalue weighted by molar-refractivity contribution is 0.0681. The molecule has 8 heteroatoms. The van der Waals surface area contributed by atoms with Crippen molar-refractivity contribution < 1.29 is 13.9 Å². The predicted octanol–water partition coefficient (Wildman–Crippen LogP) is 2.80. The van der Waals surface area contributed by atoms with E-state index in [0.29, 0.717) is 47.8 Å². The molecule has 0 saturated carbocycles. The van der Waals surface area contributed by atoms with E-state index in [9.17, 15) is 14.0 Å². The van der Waals surface area contributed by atoms with Crippen LogP contribution in [0.3, 0.4) is 0 Å². The van der Waals surface area contributed by atoms with Crippen molar-refractivity contribution in [3.05, 3.63) is 64.1 Å². The molecule has 0 aliphatic carbocycles. The number of fused-ring (bicyclic) bond motifs is 1. The highest BCUT2D eigenvalue weighted by Crippen LogP contribution is 2.21. The standard InChI is InChI=1S/C22H23FN4O3/c1-14-25-19-11-17(23)4-5-18(19)22(29)27(14)13-15-7-9-26(10-8-15)21(28)16-3-6-20(30-2)24-12-16/h3-6,11-12,15H,7-10,13H2,1-2H3. The number of pyridine rings is 1. The molecule has 0 radical (unpaired) electrons. The van der Waals surface area contributed by atoms with Gasteiger partial charge in [-0.3, -0.25) is 14.2 Å². The molecule has 0 unspecified atom stereocenters. The molecule has 4 rings (SSSR count). The summed E-state index contributed by atoms with van der Waals surface area (Å²) in [6.45, 7) is 3.54. The van der Waals surface area contributed by atoms with Crippen LogP contribution in [0.1, 0.15) is 29.0 Å². The van der Waals surface area contributed by atoms with E-state index >= 15 is 0 Å². The topological polar surface area (TPSA) is 77.3 Å². The van der Waals surface area contributed by atoms with Crippen LogP contribution in [0.2, 0.25) is 0 Å². The fourth-order valence-corrected chi connectivity index (χ4v) is 3.91. The fourth-order valence-electron chi connectivity index (χ4n) is 3.91. The summed E-state index contributed by atoms with van der Waals surface area (Å²) in [5.41, 5.74) is 0.759. The number of rotatable bonds is 4. The average Bonchev–Trinajstić information content (AvgIpc) is 2.76. The maximum Gasteiger partial charge on any atom is 0.261 e. The van der Waals surface area contributed by atoms with E-state index in [1.807, 2.05) is 4.90 Å². The van der Waals surface area contributed by atoms with Gasteiger partial charge in [-0.2, -0.15) is 0 Å². The zero-order valence-corrected chi connectivity index (χ0v) is 17.0. The third-order valence-electron chi connectivity index (χ3n) is 5.64. The van der Waals surface area contributed by atoms with Crippen molar-refractivity contribution in [2.45, 2.75) is 26.3 Å². The number of halogens is 1. The van der Waals surface area contributed by atoms with Crippen LogP contribution in [0.5, 0.6) is 5.88 Å². The number of carbonyl (C=O) groups is 1. The van der Waals surface area contributed by atoms with E-state index < -0.39 is 5.82 Å². The molecule has 7 nitrogen and oxygen atoms in total. The molecule has 0 spiro atoms. The van der Waals surface area contributed by atoms with Crippen LogP contribution in [-0.2, 0) is 6.54 Å². The SMILES string of the molecule is COc1ccc(C(=O)N2CCC(Cn3c(C)nc4cc(F)ccc4c3=O)CC2)cn1. The summed E-state index contributed by atoms with van der Waals surface area (Å²) < 4.78 is 20.1. The van der Waals surface area contributed by atoms with E-state index in [1.54, 1.807) is 23.6 Å². The molecule has 156 valence electrons. The van der Waals surface area contributed by atoms with Gasteiger partial charge in [-0.15, -0.1) is 0 Å². The zero-order valence-electron chi connectivity index (χ0n) is 17.0. The third kappa shape index (κ3) is 3.90. The van der Waals surface area contributed by atoms with E-state index in [2.05, 4.69) is 9.97 Å². The normalized spacial score (nSPS) is 14.8. The highest BCUT2D eigenvalue weighted by molar-refractivity contribution is 5.94. The van der Waals surface area contributed by atoms with Gasteiger partial charge in [0, 0.05) is 38.0 Å². The van der Waals surface area contributed by atoms with Crippen LogP contribution in [0.25, 0.3) is 10.9 Å². The van der Waals surface area contributed by atoms with Gasteiger partial charge >= 0.3 is 0 Å². The summed E-state index contributed by atoms with van der Waals surface area (Å²) in [6.07, 6.45) is 3.12. The summed E-state index contributed by atoms with van der Waals surface area (Å²) in [6, 6.07) is 7.44. The lowest BCUT2D eigenvalue weighted by atomic mass is 9.96. The Morgan fingerprint density at radius 1 is 1.23 bits per heavy atom. The Hall–Kier alpha value is -3.29. The van der Waals surface area contributed by atoms with Gasteiger partial charge in [0.05, 0.1) is 23.6 Å². The number of hydrogen-bond acceptors (Lipinski definition) is 5. The summed E-state index contributed by atoms with van der Waals surface area (Å²) in [4.78, 5) is 35.9. The second-order valence-corrected chi connectivity index (χ2v) is 7.56. The van der Waals surface area contributed by atoms with Gasteiger partial charge in [0.2, 0.25) is 5.88 Å². The van der Waals surface area contributed by atoms with Gasteiger partial charge in [0.1, 0.15) is 11.6 Å². The van der Waals surface area contributed by atoms with E-state index in [1.165, 1.54) is 31.5 Å². The highest BCUT2D eigenvalue weighted by Gasteiger charge is 2.25. The summed E-state index contributed by atoms with van der Waals surface area (Å²) in [5.74, 6) is 0.847. The minimum absolute atomic E-state index is 0.0497. The summed E-state index contributed by atoms with van der Waals surface area (Å²) in [7, 11) is 1.53. The van der Waals surface area contributed by atoms with Crippen LogP contribution < -0.4 is 10.3 Å². The van der Waals surface area contributed by atoms with Crippen molar-refractivity contribution in [2.75, 3.05) is 20.2 Å². The van der Waals surface area contributed by atoms with Gasteiger partial charge in [-0.25, -0.2) is 14.4 Å². The van der Waals surface area contributed by atoms with Gasteiger partial charge in [0.25, 0.3) is 11.5 Å². The van der Waals surface area contributed by atoms with Crippen LogP contribution in [-0.4, -0.2) is 45.5 Å². The Morgan fingerprint density at radius 2 is 2.00 bits per heavy atom. The number of piperidine rings is 1. The van der Waals surface area contributed by atoms with Crippen molar-refractivity contribution >= 4 is 16.8 Å². The Kier molecular flexibility index (Phi) is 5.48. The largest absolute Gasteiger partial charge is 0.481 e. The number of carbonyl (C=O) groups excluding carboxylic acids is 1. The Morgan fingerprint density at radius 3 is 2.67 bits per heavy atom. The number of aryl methyl sites for hydroxylation is 1. The van der Waals surface area contributed by atoms with Gasteiger partial charge in [-0.1, -0.05) is 0 Å². The van der Waals surface area contributed by atoms with Crippen LogP contribution in [0.15, 0.2) is 41.3 Å². The quantitative estimate of drug-likeness (QED) is 0.661. The number of likely N-dealkylation sites (tertiary alicyclic amines) is 1. The Bertz CT molecular complexity index is 1140. The molecule has 0 N–H and O–H groups in total. The first-order valence-corrected chi connectivity index (χ1v) is 9.92. The molecule has 1 aliphatic rings. The van der Waals surface area contributed by atoms with Gasteiger partial charge in [0.15, 0.2) is 0 Å². The van der Waals surface area contributed by atoms with E-state index in [4.69, 9.17) is 4.74 Å². The average molecular weight is 410 g/mol. The van der Waals surface area contributed by atoms with Crippen molar-refractivity contribution in [3.8, 4) is 5.88 Å². The molecule has 2 aromatic heterocycles. The Balaban J connectivity index is 1.44. The van der Waals surface area contributed by atoms with Crippen molar-refractivity contribution in [3.63, 3.8) is 0 Å². The molecule has 1 amide bonds. The number of ether oxygens (including phenoxy) is 1. The minimum Gasteiger partial charge on any atom is -0.481 e. The summed E-state index contributed by atoms with van der Waals surface area (Å²) in [5, 5.41) is 0.418. The number of aromatic nitrogens is 3. The first-order chi connectivity index (χ1) is 14.5. The lowest BCUT2D eigenvalue weighted by Crippen LogP contribution is -2.40. The summed E-state index contributed by atoms with van der Waals surface area (Å²) >= 11 is 0. The molecular formula is C22H23FN4O3. The molecule has 1 aromatic carbocycles. The highest BCUT2D eigenvalue weighted by atomic mass is 19.1. The van der Waals surface area contributed by atoms with Crippen LogP contribution in [0, 0.1) is 18.7 Å². The fraction of sp³-hybridized carbons (Fsp3) is 0.364. The minimum atomic E-state index is -0.407. The Labute approximate surface area is 173 Å². The molecule has 3 heterocycles. The van der Waals surface area contributed by atoms with Gasteiger partial charge < -0.3 is 9.64 Å². The first kappa shape index (κ1) is 20.0. The molecule has 1 saturated heterocycles. The number of methoxy groups -OCH3 is 1. The van der Waals surface area contributed by atoms with E-state index in [0.717, 1.165) is 12.8 Å². The maximum atomic E-state index is 13.4. The predicted molar refractivity (Wildman–Crippen MR) is 110 cm³/mol.